The maximum Gasteiger partial charge on any atom is 0.170 e. The van der Waals surface area contributed by atoms with Crippen molar-refractivity contribution in [2.75, 3.05) is 0 Å². The molecule has 0 aliphatic heterocycles. The van der Waals surface area contributed by atoms with E-state index in [0.29, 0.717) is 23.2 Å². The van der Waals surface area contributed by atoms with Crippen LogP contribution in [0, 0.1) is 5.92 Å². The van der Waals surface area contributed by atoms with Gasteiger partial charge in [-0.15, -0.1) is 0 Å². The van der Waals surface area contributed by atoms with E-state index in [2.05, 4.69) is 31.2 Å². The second-order valence-electron chi connectivity index (χ2n) is 5.32. The van der Waals surface area contributed by atoms with E-state index in [0.717, 1.165) is 17.9 Å². The molecule has 5 heteroatoms. The van der Waals surface area contributed by atoms with Crippen LogP contribution in [0.4, 0.5) is 0 Å². The van der Waals surface area contributed by atoms with E-state index in [1.54, 1.807) is 12.1 Å². The van der Waals surface area contributed by atoms with Crippen LogP contribution in [0.1, 0.15) is 44.7 Å². The first-order chi connectivity index (χ1) is 9.47. The van der Waals surface area contributed by atoms with Crippen LogP contribution in [0.25, 0.3) is 0 Å². The fraction of sp³-hybridized carbons (Fsp3) is 0.533. The number of hydrogen-bond donors (Lipinski definition) is 3. The van der Waals surface area contributed by atoms with Crippen LogP contribution in [0.2, 0.25) is 5.02 Å². The zero-order chi connectivity index (χ0) is 15.1. The second-order valence-corrected chi connectivity index (χ2v) is 5.73. The number of rotatable bonds is 7. The molecular formula is C15H24ClN3O. The Bertz CT molecular complexity index is 462. The van der Waals surface area contributed by atoms with E-state index in [1.165, 1.54) is 6.42 Å². The van der Waals surface area contributed by atoms with Crippen molar-refractivity contribution in [2.24, 2.45) is 16.8 Å². The van der Waals surface area contributed by atoms with Crippen molar-refractivity contribution in [3.8, 4) is 0 Å². The highest BCUT2D eigenvalue weighted by atomic mass is 35.5. The SMILES string of the molecule is CCC(C)CC(C)NCc1ccc(/C(N)=N/O)cc1Cl. The molecule has 0 saturated heterocycles. The summed E-state index contributed by atoms with van der Waals surface area (Å²) in [7, 11) is 0. The van der Waals surface area contributed by atoms with Crippen molar-refractivity contribution in [3.63, 3.8) is 0 Å². The first-order valence-electron chi connectivity index (χ1n) is 6.97. The summed E-state index contributed by atoms with van der Waals surface area (Å²) in [5, 5.41) is 15.7. The first kappa shape index (κ1) is 16.8. The average Bonchev–Trinajstić information content (AvgIpc) is 2.44. The van der Waals surface area contributed by atoms with Gasteiger partial charge in [0.25, 0.3) is 0 Å². The number of nitrogens with one attached hydrogen (secondary N) is 1. The summed E-state index contributed by atoms with van der Waals surface area (Å²) in [6.07, 6.45) is 2.34. The predicted octanol–water partition coefficient (Wildman–Crippen LogP) is 3.35. The average molecular weight is 298 g/mol. The van der Waals surface area contributed by atoms with Gasteiger partial charge in [0, 0.05) is 23.2 Å². The number of halogens is 1. The molecule has 20 heavy (non-hydrogen) atoms. The molecule has 0 aliphatic carbocycles. The maximum atomic E-state index is 8.64. The van der Waals surface area contributed by atoms with Crippen LogP contribution in [0.5, 0.6) is 0 Å². The number of amidine groups is 1. The number of benzene rings is 1. The molecule has 0 aromatic heterocycles. The molecule has 112 valence electrons. The highest BCUT2D eigenvalue weighted by Gasteiger charge is 2.09. The highest BCUT2D eigenvalue weighted by Crippen LogP contribution is 2.18. The molecule has 0 fully saturated rings. The van der Waals surface area contributed by atoms with Gasteiger partial charge in [-0.2, -0.15) is 0 Å². The molecule has 2 unspecified atom stereocenters. The first-order valence-corrected chi connectivity index (χ1v) is 7.35. The fourth-order valence-corrected chi connectivity index (χ4v) is 2.29. The van der Waals surface area contributed by atoms with Crippen LogP contribution < -0.4 is 11.1 Å². The predicted molar refractivity (Wildman–Crippen MR) is 84.3 cm³/mol. The van der Waals surface area contributed by atoms with Crippen molar-refractivity contribution >= 4 is 17.4 Å². The summed E-state index contributed by atoms with van der Waals surface area (Å²) in [5.41, 5.74) is 7.16. The molecule has 0 spiro atoms. The van der Waals surface area contributed by atoms with Gasteiger partial charge in [0.05, 0.1) is 0 Å². The minimum atomic E-state index is 0.0662. The standard InChI is InChI=1S/C15H24ClN3O/c1-4-10(2)7-11(3)18-9-13-6-5-12(8-14(13)16)15(17)19-20/h5-6,8,10-11,18,20H,4,7,9H2,1-3H3,(H2,17,19). The summed E-state index contributed by atoms with van der Waals surface area (Å²) in [5.74, 6) is 0.785. The summed E-state index contributed by atoms with van der Waals surface area (Å²) in [4.78, 5) is 0. The van der Waals surface area contributed by atoms with Gasteiger partial charge in [0.2, 0.25) is 0 Å². The van der Waals surface area contributed by atoms with E-state index in [1.807, 2.05) is 6.07 Å². The van der Waals surface area contributed by atoms with E-state index < -0.39 is 0 Å². The topological polar surface area (TPSA) is 70.6 Å². The summed E-state index contributed by atoms with van der Waals surface area (Å²) in [6.45, 7) is 7.37. The van der Waals surface area contributed by atoms with Gasteiger partial charge >= 0.3 is 0 Å². The smallest absolute Gasteiger partial charge is 0.170 e. The maximum absolute atomic E-state index is 8.64. The normalized spacial score (nSPS) is 15.1. The Morgan fingerprint density at radius 3 is 2.70 bits per heavy atom. The lowest BCUT2D eigenvalue weighted by Crippen LogP contribution is -2.27. The quantitative estimate of drug-likeness (QED) is 0.313. The zero-order valence-electron chi connectivity index (χ0n) is 12.4. The highest BCUT2D eigenvalue weighted by molar-refractivity contribution is 6.31. The Morgan fingerprint density at radius 2 is 2.15 bits per heavy atom. The number of oxime groups is 1. The van der Waals surface area contributed by atoms with Crippen molar-refractivity contribution in [1.29, 1.82) is 0 Å². The third kappa shape index (κ3) is 5.02. The van der Waals surface area contributed by atoms with Crippen molar-refractivity contribution in [1.82, 2.24) is 5.32 Å². The number of nitrogens with two attached hydrogens (primary N) is 1. The number of hydrogen-bond acceptors (Lipinski definition) is 3. The largest absolute Gasteiger partial charge is 0.409 e. The zero-order valence-corrected chi connectivity index (χ0v) is 13.1. The van der Waals surface area contributed by atoms with Crippen LogP contribution in [-0.4, -0.2) is 17.1 Å². The van der Waals surface area contributed by atoms with Crippen LogP contribution in [0.3, 0.4) is 0 Å². The summed E-state index contributed by atoms with van der Waals surface area (Å²) >= 11 is 6.21. The van der Waals surface area contributed by atoms with Crippen molar-refractivity contribution in [3.05, 3.63) is 34.3 Å². The van der Waals surface area contributed by atoms with Crippen LogP contribution in [0.15, 0.2) is 23.4 Å². The Kier molecular flexibility index (Phi) is 6.82. The molecule has 0 radical (unpaired) electrons. The van der Waals surface area contributed by atoms with Gasteiger partial charge in [-0.25, -0.2) is 0 Å². The lowest BCUT2D eigenvalue weighted by atomic mass is 10.0. The van der Waals surface area contributed by atoms with Gasteiger partial charge in [-0.05, 0) is 30.9 Å². The molecule has 0 amide bonds. The molecule has 2 atom stereocenters. The van der Waals surface area contributed by atoms with Gasteiger partial charge in [0.15, 0.2) is 5.84 Å². The van der Waals surface area contributed by atoms with E-state index >= 15 is 0 Å². The van der Waals surface area contributed by atoms with Crippen LogP contribution in [-0.2, 0) is 6.54 Å². The Balaban J connectivity index is 2.61. The molecule has 4 nitrogen and oxygen atoms in total. The van der Waals surface area contributed by atoms with Gasteiger partial charge < -0.3 is 16.3 Å². The molecule has 1 rings (SSSR count). The summed E-state index contributed by atoms with van der Waals surface area (Å²) in [6, 6.07) is 5.87. The van der Waals surface area contributed by atoms with Gasteiger partial charge in [0.1, 0.15) is 0 Å². The molecule has 0 aliphatic rings. The Labute approximate surface area is 126 Å². The lowest BCUT2D eigenvalue weighted by Gasteiger charge is -2.18. The van der Waals surface area contributed by atoms with E-state index in [4.69, 9.17) is 22.5 Å². The second kappa shape index (κ2) is 8.12. The molecule has 0 heterocycles. The van der Waals surface area contributed by atoms with Crippen LogP contribution >= 0.6 is 11.6 Å². The van der Waals surface area contributed by atoms with E-state index in [-0.39, 0.29) is 5.84 Å². The van der Waals surface area contributed by atoms with Crippen molar-refractivity contribution < 1.29 is 5.21 Å². The minimum absolute atomic E-state index is 0.0662. The third-order valence-electron chi connectivity index (χ3n) is 3.55. The van der Waals surface area contributed by atoms with Gasteiger partial charge in [-0.1, -0.05) is 49.2 Å². The van der Waals surface area contributed by atoms with E-state index in [9.17, 15) is 0 Å². The molecular weight excluding hydrogens is 274 g/mol. The molecule has 0 bridgehead atoms. The molecule has 4 N–H and O–H groups in total. The third-order valence-corrected chi connectivity index (χ3v) is 3.90. The Hall–Kier alpha value is -1.26. The molecule has 1 aromatic carbocycles. The fourth-order valence-electron chi connectivity index (χ4n) is 2.05. The van der Waals surface area contributed by atoms with Gasteiger partial charge in [-0.3, -0.25) is 0 Å². The monoisotopic (exact) mass is 297 g/mol. The molecule has 0 saturated carbocycles. The Morgan fingerprint density at radius 1 is 1.45 bits per heavy atom. The lowest BCUT2D eigenvalue weighted by molar-refractivity contribution is 0.318. The molecule has 1 aromatic rings. The summed E-state index contributed by atoms with van der Waals surface area (Å²) < 4.78 is 0. The number of nitrogens with zero attached hydrogens (tertiary/aromatic N) is 1. The van der Waals surface area contributed by atoms with Crippen molar-refractivity contribution in [2.45, 2.75) is 46.2 Å². The minimum Gasteiger partial charge on any atom is -0.409 e.